The number of rotatable bonds is 6. The van der Waals surface area contributed by atoms with Crippen LogP contribution in [-0.4, -0.2) is 59.0 Å². The fourth-order valence-electron chi connectivity index (χ4n) is 7.25. The number of nitrogens with zero attached hydrogens (tertiary/aromatic N) is 1. The Hall–Kier alpha value is -3.34. The number of hydrogen-bond acceptors (Lipinski definition) is 8. The van der Waals surface area contributed by atoms with E-state index in [0.29, 0.717) is 29.9 Å². The Bertz CT molecular complexity index is 1460. The van der Waals surface area contributed by atoms with Crippen molar-refractivity contribution in [2.45, 2.75) is 85.2 Å². The maximum Gasteiger partial charge on any atom is 0.246 e. The van der Waals surface area contributed by atoms with Gasteiger partial charge in [-0.2, -0.15) is 0 Å². The molecule has 2 aromatic rings. The molecule has 0 spiro atoms. The molecule has 42 heavy (non-hydrogen) atoms. The number of nitrogen functional groups attached to an aromatic ring is 1. The van der Waals surface area contributed by atoms with Crippen LogP contribution < -0.4 is 27.3 Å². The Labute approximate surface area is 250 Å². The number of carbonyl (C=O) groups excluding carboxylic acids is 3. The van der Waals surface area contributed by atoms with E-state index in [2.05, 4.69) is 11.9 Å². The molecule has 5 unspecified atom stereocenters. The van der Waals surface area contributed by atoms with E-state index in [-0.39, 0.29) is 29.7 Å². The van der Waals surface area contributed by atoms with Gasteiger partial charge in [0.25, 0.3) is 0 Å². The lowest BCUT2D eigenvalue weighted by Gasteiger charge is -2.42. The first-order valence-corrected chi connectivity index (χ1v) is 15.7. The predicted molar refractivity (Wildman–Crippen MR) is 163 cm³/mol. The van der Waals surface area contributed by atoms with Crippen molar-refractivity contribution in [3.8, 4) is 5.75 Å². The Morgan fingerprint density at radius 3 is 2.60 bits per heavy atom. The van der Waals surface area contributed by atoms with Crippen molar-refractivity contribution in [1.29, 1.82) is 0 Å². The Kier molecular flexibility index (Phi) is 7.57. The molecular weight excluding hydrogens is 550 g/mol. The van der Waals surface area contributed by atoms with Gasteiger partial charge in [0.05, 0.1) is 17.4 Å². The SMILES string of the molecule is C=CC(=O)N1CCCC(NC(=O)C2Sc3c(N)ccc4c3C2C(N)C(=O)C4(N)c2ccc(OC3CCCC3)cc2C)C1. The summed E-state index contributed by atoms with van der Waals surface area (Å²) in [5.41, 5.74) is 22.2. The summed E-state index contributed by atoms with van der Waals surface area (Å²) in [4.78, 5) is 42.6. The zero-order chi connectivity index (χ0) is 29.8. The number of benzene rings is 2. The average Bonchev–Trinajstić information content (AvgIpc) is 3.64. The summed E-state index contributed by atoms with van der Waals surface area (Å²) in [6.45, 7) is 6.55. The minimum atomic E-state index is -1.50. The summed E-state index contributed by atoms with van der Waals surface area (Å²) >= 11 is 1.34. The number of aryl methyl sites for hydroxylation is 1. The van der Waals surface area contributed by atoms with Crippen molar-refractivity contribution >= 4 is 35.0 Å². The van der Waals surface area contributed by atoms with Crippen LogP contribution in [0.3, 0.4) is 0 Å². The molecule has 0 bridgehead atoms. The number of Topliss-reactive ketones (excluding diaryl/α,β-unsaturated/α-hetero) is 1. The van der Waals surface area contributed by atoms with Gasteiger partial charge in [-0.3, -0.25) is 14.4 Å². The first-order valence-electron chi connectivity index (χ1n) is 14.8. The van der Waals surface area contributed by atoms with Gasteiger partial charge in [-0.1, -0.05) is 18.7 Å². The van der Waals surface area contributed by atoms with Crippen LogP contribution in [-0.2, 0) is 19.9 Å². The summed E-state index contributed by atoms with van der Waals surface area (Å²) in [5.74, 6) is -0.511. The molecule has 222 valence electrons. The summed E-state index contributed by atoms with van der Waals surface area (Å²) in [6.07, 6.45) is 7.49. The van der Waals surface area contributed by atoms with Crippen LogP contribution in [0.15, 0.2) is 47.9 Å². The van der Waals surface area contributed by atoms with Crippen molar-refractivity contribution in [2.24, 2.45) is 11.5 Å². The number of piperidine rings is 1. The quantitative estimate of drug-likeness (QED) is 0.296. The van der Waals surface area contributed by atoms with Gasteiger partial charge in [0, 0.05) is 35.6 Å². The molecule has 1 saturated carbocycles. The summed E-state index contributed by atoms with van der Waals surface area (Å²) in [5, 5.41) is 2.47. The van der Waals surface area contributed by atoms with Crippen molar-refractivity contribution in [3.63, 3.8) is 0 Å². The van der Waals surface area contributed by atoms with Crippen LogP contribution in [0.2, 0.25) is 0 Å². The van der Waals surface area contributed by atoms with Gasteiger partial charge < -0.3 is 32.2 Å². The van der Waals surface area contributed by atoms with Crippen LogP contribution in [0.5, 0.6) is 5.75 Å². The Morgan fingerprint density at radius 2 is 1.88 bits per heavy atom. The predicted octanol–water partition coefficient (Wildman–Crippen LogP) is 2.86. The number of nitrogens with one attached hydrogen (secondary N) is 1. The summed E-state index contributed by atoms with van der Waals surface area (Å²) in [7, 11) is 0. The third kappa shape index (κ3) is 4.69. The minimum absolute atomic E-state index is 0.151. The van der Waals surface area contributed by atoms with Gasteiger partial charge in [-0.05, 0) is 92.0 Å². The van der Waals surface area contributed by atoms with Crippen LogP contribution in [0.4, 0.5) is 5.69 Å². The standard InChI is InChI=1S/C32H39N5O4S/c1-3-24(38)37-14-6-7-18(16-37)36-31(40)29-26-25-22(12-13-23(33)28(25)42-29)32(35,30(39)27(26)34)21-11-10-20(15-17(21)2)41-19-8-4-5-9-19/h3,10-13,15,18-19,26-27,29H,1,4-9,14,16,33-35H2,2H3,(H,36,40). The zero-order valence-electron chi connectivity index (χ0n) is 23.9. The molecule has 5 atom stereocenters. The highest BCUT2D eigenvalue weighted by Gasteiger charge is 2.57. The molecule has 0 aromatic heterocycles. The molecule has 2 aromatic carbocycles. The molecule has 4 aliphatic rings. The number of ether oxygens (including phenoxy) is 1. The van der Waals surface area contributed by atoms with Crippen molar-refractivity contribution in [1.82, 2.24) is 10.2 Å². The van der Waals surface area contributed by atoms with Crippen molar-refractivity contribution in [3.05, 3.63) is 65.2 Å². The van der Waals surface area contributed by atoms with E-state index in [4.69, 9.17) is 21.9 Å². The third-order valence-corrected chi connectivity index (χ3v) is 10.8. The van der Waals surface area contributed by atoms with Gasteiger partial charge in [0.15, 0.2) is 5.78 Å². The number of nitrogens with two attached hydrogens (primary N) is 3. The third-order valence-electron chi connectivity index (χ3n) is 9.37. The fourth-order valence-corrected chi connectivity index (χ4v) is 8.71. The fraction of sp³-hybridized carbons (Fsp3) is 0.469. The lowest BCUT2D eigenvalue weighted by Crippen LogP contribution is -2.61. The number of carbonyl (C=O) groups is 3. The van der Waals surface area contributed by atoms with Gasteiger partial charge in [-0.25, -0.2) is 0 Å². The monoisotopic (exact) mass is 589 g/mol. The van der Waals surface area contributed by atoms with Crippen molar-refractivity contribution in [2.75, 3.05) is 18.8 Å². The molecule has 2 amide bonds. The molecular formula is C32H39N5O4S. The number of likely N-dealkylation sites (tertiary alicyclic amines) is 1. The lowest BCUT2D eigenvalue weighted by atomic mass is 9.64. The molecule has 2 heterocycles. The molecule has 2 fully saturated rings. The van der Waals surface area contributed by atoms with E-state index in [1.165, 1.54) is 30.7 Å². The molecule has 7 N–H and O–H groups in total. The Balaban J connectivity index is 1.31. The van der Waals surface area contributed by atoms with E-state index in [9.17, 15) is 14.4 Å². The molecule has 9 nitrogen and oxygen atoms in total. The van der Waals surface area contributed by atoms with E-state index in [1.807, 2.05) is 31.2 Å². The topological polar surface area (TPSA) is 154 Å². The highest BCUT2D eigenvalue weighted by atomic mass is 32.2. The van der Waals surface area contributed by atoms with E-state index in [0.717, 1.165) is 47.5 Å². The first kappa shape index (κ1) is 28.8. The second kappa shape index (κ2) is 11.1. The largest absolute Gasteiger partial charge is 0.490 e. The molecule has 2 aliphatic carbocycles. The van der Waals surface area contributed by atoms with Gasteiger partial charge in [0.1, 0.15) is 11.3 Å². The zero-order valence-corrected chi connectivity index (χ0v) is 24.8. The minimum Gasteiger partial charge on any atom is -0.490 e. The number of ketones is 1. The smallest absolute Gasteiger partial charge is 0.246 e. The van der Waals surface area contributed by atoms with Gasteiger partial charge in [-0.15, -0.1) is 11.8 Å². The van der Waals surface area contributed by atoms with Crippen LogP contribution in [0, 0.1) is 6.92 Å². The Morgan fingerprint density at radius 1 is 1.14 bits per heavy atom. The summed E-state index contributed by atoms with van der Waals surface area (Å²) in [6, 6.07) is 8.07. The molecule has 0 radical (unpaired) electrons. The van der Waals surface area contributed by atoms with Crippen LogP contribution in [0.1, 0.15) is 66.7 Å². The van der Waals surface area contributed by atoms with E-state index >= 15 is 0 Å². The highest BCUT2D eigenvalue weighted by molar-refractivity contribution is 8.01. The van der Waals surface area contributed by atoms with E-state index < -0.39 is 22.7 Å². The molecule has 10 heteroatoms. The second-order valence-corrected chi connectivity index (χ2v) is 13.2. The number of thioether (sulfide) groups is 1. The first-order chi connectivity index (χ1) is 20.1. The number of amides is 2. The lowest BCUT2D eigenvalue weighted by molar-refractivity contribution is -0.129. The van der Waals surface area contributed by atoms with Gasteiger partial charge >= 0.3 is 0 Å². The normalized spacial score (nSPS) is 28.8. The van der Waals surface area contributed by atoms with Crippen molar-refractivity contribution < 1.29 is 19.1 Å². The number of anilines is 1. The van der Waals surface area contributed by atoms with E-state index in [1.54, 1.807) is 11.0 Å². The van der Waals surface area contributed by atoms with Crippen LogP contribution >= 0.6 is 11.8 Å². The molecule has 2 aliphatic heterocycles. The maximum atomic E-state index is 14.2. The summed E-state index contributed by atoms with van der Waals surface area (Å²) < 4.78 is 6.20. The molecule has 6 rings (SSSR count). The van der Waals surface area contributed by atoms with Gasteiger partial charge in [0.2, 0.25) is 11.8 Å². The number of hydrogen-bond donors (Lipinski definition) is 4. The van der Waals surface area contributed by atoms with Crippen LogP contribution in [0.25, 0.3) is 0 Å². The average molecular weight is 590 g/mol. The maximum absolute atomic E-state index is 14.2. The molecule has 1 saturated heterocycles. The highest BCUT2D eigenvalue weighted by Crippen LogP contribution is 2.56. The second-order valence-electron chi connectivity index (χ2n) is 12.0.